The summed E-state index contributed by atoms with van der Waals surface area (Å²) < 4.78 is 1.31. The van der Waals surface area contributed by atoms with Gasteiger partial charge in [0.1, 0.15) is 5.69 Å². The van der Waals surface area contributed by atoms with Gasteiger partial charge in [-0.3, -0.25) is 9.59 Å². The highest BCUT2D eigenvalue weighted by Gasteiger charge is 2.10. The normalized spacial score (nSPS) is 10.6. The van der Waals surface area contributed by atoms with Gasteiger partial charge in [-0.25, -0.2) is 4.68 Å². The highest BCUT2D eigenvalue weighted by atomic mass is 16.2. The molecule has 1 aromatic carbocycles. The summed E-state index contributed by atoms with van der Waals surface area (Å²) in [5, 5.41) is 6.91. The van der Waals surface area contributed by atoms with Gasteiger partial charge in [0.05, 0.1) is 6.04 Å². The van der Waals surface area contributed by atoms with Gasteiger partial charge in [-0.05, 0) is 31.9 Å². The van der Waals surface area contributed by atoms with Crippen LogP contribution in [0.25, 0.3) is 0 Å². The number of aromatic nitrogens is 2. The minimum absolute atomic E-state index is 0.0745. The molecule has 0 aliphatic heterocycles. The van der Waals surface area contributed by atoms with E-state index in [4.69, 9.17) is 0 Å². The van der Waals surface area contributed by atoms with Crippen LogP contribution >= 0.6 is 0 Å². The topological polar surface area (TPSA) is 64.0 Å². The largest absolute Gasteiger partial charge is 0.350 e. The molecule has 5 heteroatoms. The SMILES string of the molecule is CC(C)n1nc(C(=O)NCCc2ccccc2)ccc1=O. The summed E-state index contributed by atoms with van der Waals surface area (Å²) in [6.07, 6.45) is 0.760. The molecule has 21 heavy (non-hydrogen) atoms. The maximum Gasteiger partial charge on any atom is 0.271 e. The molecule has 0 saturated heterocycles. The third-order valence-electron chi connectivity index (χ3n) is 3.09. The third kappa shape index (κ3) is 4.02. The Kier molecular flexibility index (Phi) is 4.87. The van der Waals surface area contributed by atoms with Crippen molar-refractivity contribution in [3.05, 3.63) is 64.1 Å². The van der Waals surface area contributed by atoms with Crippen molar-refractivity contribution in [3.8, 4) is 0 Å². The number of carbonyl (C=O) groups excluding carboxylic acids is 1. The molecule has 0 aliphatic rings. The summed E-state index contributed by atoms with van der Waals surface area (Å²) in [6, 6.07) is 12.7. The molecule has 1 amide bonds. The molecule has 0 atom stereocenters. The van der Waals surface area contributed by atoms with E-state index in [-0.39, 0.29) is 23.2 Å². The van der Waals surface area contributed by atoms with Gasteiger partial charge in [0.2, 0.25) is 0 Å². The minimum atomic E-state index is -0.264. The fraction of sp³-hybridized carbons (Fsp3) is 0.312. The highest BCUT2D eigenvalue weighted by Crippen LogP contribution is 2.00. The van der Waals surface area contributed by atoms with E-state index in [1.54, 1.807) is 0 Å². The Morgan fingerprint density at radius 1 is 1.19 bits per heavy atom. The van der Waals surface area contributed by atoms with E-state index in [1.807, 2.05) is 44.2 Å². The summed E-state index contributed by atoms with van der Waals surface area (Å²) in [5.41, 5.74) is 1.22. The Balaban J connectivity index is 1.97. The summed E-state index contributed by atoms with van der Waals surface area (Å²) in [4.78, 5) is 23.6. The number of benzene rings is 1. The monoisotopic (exact) mass is 285 g/mol. The lowest BCUT2D eigenvalue weighted by molar-refractivity contribution is 0.0946. The molecular weight excluding hydrogens is 266 g/mol. The summed E-state index contributed by atoms with van der Waals surface area (Å²) in [5.74, 6) is -0.264. The Labute approximate surface area is 123 Å². The molecule has 0 unspecified atom stereocenters. The average molecular weight is 285 g/mol. The van der Waals surface area contributed by atoms with Crippen LogP contribution in [-0.4, -0.2) is 22.2 Å². The number of nitrogens with one attached hydrogen (secondary N) is 1. The molecule has 2 aromatic rings. The summed E-state index contributed by atoms with van der Waals surface area (Å²) in [6.45, 7) is 4.24. The molecule has 110 valence electrons. The Morgan fingerprint density at radius 2 is 1.90 bits per heavy atom. The second kappa shape index (κ2) is 6.83. The maximum atomic E-state index is 12.0. The Bertz CT molecular complexity index is 663. The van der Waals surface area contributed by atoms with Crippen molar-refractivity contribution in [2.24, 2.45) is 0 Å². The molecule has 0 spiro atoms. The lowest BCUT2D eigenvalue weighted by Gasteiger charge is -2.10. The zero-order valence-corrected chi connectivity index (χ0v) is 12.2. The van der Waals surface area contributed by atoms with Crippen molar-refractivity contribution in [2.45, 2.75) is 26.3 Å². The first-order valence-corrected chi connectivity index (χ1v) is 7.00. The van der Waals surface area contributed by atoms with Gasteiger partial charge >= 0.3 is 0 Å². The smallest absolute Gasteiger partial charge is 0.271 e. The van der Waals surface area contributed by atoms with Crippen LogP contribution in [0.3, 0.4) is 0 Å². The van der Waals surface area contributed by atoms with Crippen molar-refractivity contribution in [1.82, 2.24) is 15.1 Å². The van der Waals surface area contributed by atoms with Gasteiger partial charge in [0.25, 0.3) is 11.5 Å². The molecule has 5 nitrogen and oxygen atoms in total. The van der Waals surface area contributed by atoms with Crippen molar-refractivity contribution < 1.29 is 4.79 Å². The van der Waals surface area contributed by atoms with E-state index in [9.17, 15) is 9.59 Å². The lowest BCUT2D eigenvalue weighted by atomic mass is 10.1. The fourth-order valence-electron chi connectivity index (χ4n) is 1.97. The average Bonchev–Trinajstić information content (AvgIpc) is 2.48. The van der Waals surface area contributed by atoms with E-state index in [0.29, 0.717) is 6.54 Å². The van der Waals surface area contributed by atoms with Crippen molar-refractivity contribution in [2.75, 3.05) is 6.54 Å². The standard InChI is InChI=1S/C16H19N3O2/c1-12(2)19-15(20)9-8-14(18-19)16(21)17-11-10-13-6-4-3-5-7-13/h3-9,12H,10-11H2,1-2H3,(H,17,21). The van der Waals surface area contributed by atoms with Crippen LogP contribution in [0.4, 0.5) is 0 Å². The first-order valence-electron chi connectivity index (χ1n) is 7.00. The van der Waals surface area contributed by atoms with Crippen molar-refractivity contribution in [1.29, 1.82) is 0 Å². The van der Waals surface area contributed by atoms with Crippen LogP contribution in [-0.2, 0) is 6.42 Å². The predicted molar refractivity (Wildman–Crippen MR) is 81.4 cm³/mol. The third-order valence-corrected chi connectivity index (χ3v) is 3.09. The number of amides is 1. The lowest BCUT2D eigenvalue weighted by Crippen LogP contribution is -2.31. The van der Waals surface area contributed by atoms with Gasteiger partial charge < -0.3 is 5.32 Å². The second-order valence-electron chi connectivity index (χ2n) is 5.09. The molecule has 0 bridgehead atoms. The van der Waals surface area contributed by atoms with Crippen LogP contribution in [0.2, 0.25) is 0 Å². The van der Waals surface area contributed by atoms with Gasteiger partial charge in [0.15, 0.2) is 0 Å². The number of carbonyl (C=O) groups is 1. The molecule has 0 radical (unpaired) electrons. The first kappa shape index (κ1) is 15.0. The zero-order valence-electron chi connectivity index (χ0n) is 12.2. The number of hydrogen-bond acceptors (Lipinski definition) is 3. The van der Waals surface area contributed by atoms with Crippen LogP contribution in [0.15, 0.2) is 47.3 Å². The van der Waals surface area contributed by atoms with Gasteiger partial charge in [-0.15, -0.1) is 0 Å². The minimum Gasteiger partial charge on any atom is -0.350 e. The van der Waals surface area contributed by atoms with Crippen LogP contribution in [0.5, 0.6) is 0 Å². The fourth-order valence-corrected chi connectivity index (χ4v) is 1.97. The van der Waals surface area contributed by atoms with Gasteiger partial charge in [-0.1, -0.05) is 30.3 Å². The Hall–Kier alpha value is -2.43. The van der Waals surface area contributed by atoms with E-state index in [0.717, 1.165) is 12.0 Å². The molecule has 1 aromatic heterocycles. The van der Waals surface area contributed by atoms with Gasteiger partial charge in [0, 0.05) is 12.6 Å². The predicted octanol–water partition coefficient (Wildman–Crippen LogP) is 1.80. The second-order valence-corrected chi connectivity index (χ2v) is 5.09. The molecule has 1 heterocycles. The first-order chi connectivity index (χ1) is 10.1. The van der Waals surface area contributed by atoms with E-state index < -0.39 is 0 Å². The number of hydrogen-bond donors (Lipinski definition) is 1. The van der Waals surface area contributed by atoms with Crippen molar-refractivity contribution in [3.63, 3.8) is 0 Å². The molecule has 0 saturated carbocycles. The van der Waals surface area contributed by atoms with E-state index >= 15 is 0 Å². The van der Waals surface area contributed by atoms with Crippen LogP contribution in [0.1, 0.15) is 35.9 Å². The molecular formula is C16H19N3O2. The van der Waals surface area contributed by atoms with Gasteiger partial charge in [-0.2, -0.15) is 5.10 Å². The molecule has 0 aliphatic carbocycles. The molecule has 1 N–H and O–H groups in total. The Morgan fingerprint density at radius 3 is 2.57 bits per heavy atom. The van der Waals surface area contributed by atoms with Crippen molar-refractivity contribution >= 4 is 5.91 Å². The van der Waals surface area contributed by atoms with Crippen LogP contribution in [0, 0.1) is 0 Å². The zero-order chi connectivity index (χ0) is 15.2. The quantitative estimate of drug-likeness (QED) is 0.911. The summed E-state index contributed by atoms with van der Waals surface area (Å²) >= 11 is 0. The summed E-state index contributed by atoms with van der Waals surface area (Å²) in [7, 11) is 0. The van der Waals surface area contributed by atoms with Crippen LogP contribution < -0.4 is 10.9 Å². The molecule has 0 fully saturated rings. The highest BCUT2D eigenvalue weighted by molar-refractivity contribution is 5.91. The van der Waals surface area contributed by atoms with E-state index in [2.05, 4.69) is 10.4 Å². The molecule has 2 rings (SSSR count). The number of nitrogens with zero attached hydrogens (tertiary/aromatic N) is 2. The number of rotatable bonds is 5. The van der Waals surface area contributed by atoms with E-state index in [1.165, 1.54) is 16.8 Å². The maximum absolute atomic E-state index is 12.0.